The van der Waals surface area contributed by atoms with Crippen LogP contribution in [0.2, 0.25) is 0 Å². The van der Waals surface area contributed by atoms with E-state index in [4.69, 9.17) is 9.47 Å². The predicted molar refractivity (Wildman–Crippen MR) is 88.7 cm³/mol. The van der Waals surface area contributed by atoms with Crippen molar-refractivity contribution in [3.05, 3.63) is 58.1 Å². The minimum absolute atomic E-state index is 0.108. The highest BCUT2D eigenvalue weighted by molar-refractivity contribution is 9.10. The lowest BCUT2D eigenvalue weighted by atomic mass is 10.1. The van der Waals surface area contributed by atoms with Crippen molar-refractivity contribution in [2.45, 2.75) is 0 Å². The molecule has 0 aliphatic heterocycles. The summed E-state index contributed by atoms with van der Waals surface area (Å²) in [5.41, 5.74) is 0.986. The van der Waals surface area contributed by atoms with Crippen molar-refractivity contribution in [3.8, 4) is 17.2 Å². The highest BCUT2D eigenvalue weighted by Gasteiger charge is 2.17. The van der Waals surface area contributed by atoms with Gasteiger partial charge in [-0.1, -0.05) is 34.1 Å². The molecule has 5 heteroatoms. The van der Waals surface area contributed by atoms with Crippen LogP contribution in [0, 0.1) is 0 Å². The molecular weight excluding hydrogens is 348 g/mol. The van der Waals surface area contributed by atoms with E-state index in [0.29, 0.717) is 5.75 Å². The molecule has 2 aromatic rings. The molecule has 2 aromatic carbocycles. The minimum Gasteiger partial charge on any atom is -0.507 e. The molecule has 0 saturated carbocycles. The predicted octanol–water partition coefficient (Wildman–Crippen LogP) is 4.07. The summed E-state index contributed by atoms with van der Waals surface area (Å²) in [6, 6.07) is 10.5. The standard InChI is InChI=1S/C17H15BrO4/c1-21-13-9-15(20)17(16(10-13)22-2)14(19)8-5-11-3-6-12(18)7-4-11/h3-10,20H,1-2H3. The minimum atomic E-state index is -0.347. The van der Waals surface area contributed by atoms with Crippen molar-refractivity contribution in [1.82, 2.24) is 0 Å². The Bertz CT molecular complexity index is 705. The normalized spacial score (nSPS) is 10.7. The Morgan fingerprint density at radius 1 is 1.14 bits per heavy atom. The van der Waals surface area contributed by atoms with Gasteiger partial charge < -0.3 is 14.6 Å². The highest BCUT2D eigenvalue weighted by atomic mass is 79.9. The number of phenolic OH excluding ortho intramolecular Hbond substituents is 1. The van der Waals surface area contributed by atoms with Gasteiger partial charge >= 0.3 is 0 Å². The Kier molecular flexibility index (Phi) is 5.22. The first kappa shape index (κ1) is 16.1. The number of rotatable bonds is 5. The first-order chi connectivity index (χ1) is 10.5. The third kappa shape index (κ3) is 3.68. The second-order valence-electron chi connectivity index (χ2n) is 4.47. The van der Waals surface area contributed by atoms with E-state index in [1.54, 1.807) is 12.1 Å². The molecule has 114 valence electrons. The maximum absolute atomic E-state index is 12.3. The Morgan fingerprint density at radius 2 is 1.82 bits per heavy atom. The van der Waals surface area contributed by atoms with Crippen molar-refractivity contribution < 1.29 is 19.4 Å². The van der Waals surface area contributed by atoms with Crippen LogP contribution in [0.25, 0.3) is 6.08 Å². The van der Waals surface area contributed by atoms with Crippen LogP contribution in [0.3, 0.4) is 0 Å². The van der Waals surface area contributed by atoms with Gasteiger partial charge in [-0.15, -0.1) is 0 Å². The Morgan fingerprint density at radius 3 is 2.41 bits per heavy atom. The van der Waals surface area contributed by atoms with Crippen molar-refractivity contribution in [2.24, 2.45) is 0 Å². The molecule has 0 heterocycles. The summed E-state index contributed by atoms with van der Waals surface area (Å²) < 4.78 is 11.2. The number of methoxy groups -OCH3 is 2. The molecule has 0 atom stereocenters. The molecule has 0 bridgehead atoms. The van der Waals surface area contributed by atoms with Crippen LogP contribution in [-0.4, -0.2) is 25.1 Å². The molecule has 0 amide bonds. The molecule has 0 aliphatic rings. The fourth-order valence-corrected chi connectivity index (χ4v) is 2.20. The van der Waals surface area contributed by atoms with Crippen molar-refractivity contribution in [1.29, 1.82) is 0 Å². The highest BCUT2D eigenvalue weighted by Crippen LogP contribution is 2.33. The van der Waals surface area contributed by atoms with Gasteiger partial charge in [0, 0.05) is 16.6 Å². The van der Waals surface area contributed by atoms with E-state index in [9.17, 15) is 9.90 Å². The van der Waals surface area contributed by atoms with Gasteiger partial charge in [-0.25, -0.2) is 0 Å². The number of hydrogen-bond donors (Lipinski definition) is 1. The van der Waals surface area contributed by atoms with E-state index in [1.165, 1.54) is 26.4 Å². The van der Waals surface area contributed by atoms with Crippen LogP contribution >= 0.6 is 15.9 Å². The SMILES string of the molecule is COc1cc(O)c(C(=O)C=Cc2ccc(Br)cc2)c(OC)c1. The van der Waals surface area contributed by atoms with E-state index in [2.05, 4.69) is 15.9 Å². The molecule has 22 heavy (non-hydrogen) atoms. The van der Waals surface area contributed by atoms with Crippen LogP contribution < -0.4 is 9.47 Å². The third-order valence-corrected chi connectivity index (χ3v) is 3.58. The fourth-order valence-electron chi connectivity index (χ4n) is 1.93. The van der Waals surface area contributed by atoms with E-state index < -0.39 is 0 Å². The number of carbonyl (C=O) groups is 1. The van der Waals surface area contributed by atoms with Crippen LogP contribution in [-0.2, 0) is 0 Å². The molecule has 0 spiro atoms. The molecular formula is C17H15BrO4. The lowest BCUT2D eigenvalue weighted by Gasteiger charge is -2.10. The Labute approximate surface area is 137 Å². The first-order valence-corrected chi connectivity index (χ1v) is 7.27. The zero-order valence-electron chi connectivity index (χ0n) is 12.2. The van der Waals surface area contributed by atoms with E-state index in [1.807, 2.05) is 24.3 Å². The van der Waals surface area contributed by atoms with Crippen molar-refractivity contribution in [3.63, 3.8) is 0 Å². The molecule has 1 N–H and O–H groups in total. The number of ketones is 1. The molecule has 0 aromatic heterocycles. The topological polar surface area (TPSA) is 55.8 Å². The van der Waals surface area contributed by atoms with Gasteiger partial charge in [0.15, 0.2) is 5.78 Å². The zero-order valence-corrected chi connectivity index (χ0v) is 13.8. The smallest absolute Gasteiger partial charge is 0.193 e. The number of aromatic hydroxyl groups is 1. The van der Waals surface area contributed by atoms with E-state index in [0.717, 1.165) is 10.0 Å². The number of allylic oxidation sites excluding steroid dienone is 1. The maximum atomic E-state index is 12.3. The monoisotopic (exact) mass is 362 g/mol. The van der Waals surface area contributed by atoms with Crippen molar-refractivity contribution >= 4 is 27.8 Å². The molecule has 0 unspecified atom stereocenters. The van der Waals surface area contributed by atoms with E-state index in [-0.39, 0.29) is 22.8 Å². The van der Waals surface area contributed by atoms with Crippen LogP contribution in [0.4, 0.5) is 0 Å². The van der Waals surface area contributed by atoms with Crippen molar-refractivity contribution in [2.75, 3.05) is 14.2 Å². The zero-order chi connectivity index (χ0) is 16.1. The molecule has 0 aliphatic carbocycles. The third-order valence-electron chi connectivity index (χ3n) is 3.05. The molecule has 2 rings (SSSR count). The second-order valence-corrected chi connectivity index (χ2v) is 5.39. The van der Waals surface area contributed by atoms with Crippen LogP contribution in [0.15, 0.2) is 46.9 Å². The number of carbonyl (C=O) groups excluding carboxylic acids is 1. The van der Waals surface area contributed by atoms with E-state index >= 15 is 0 Å². The Hall–Kier alpha value is -2.27. The summed E-state index contributed by atoms with van der Waals surface area (Å²) in [4.78, 5) is 12.3. The number of halogens is 1. The lowest BCUT2D eigenvalue weighted by Crippen LogP contribution is -2.00. The van der Waals surface area contributed by atoms with Gasteiger partial charge in [-0.3, -0.25) is 4.79 Å². The molecule has 0 radical (unpaired) electrons. The second kappa shape index (κ2) is 7.13. The maximum Gasteiger partial charge on any atom is 0.193 e. The average Bonchev–Trinajstić information content (AvgIpc) is 2.53. The van der Waals surface area contributed by atoms with Crippen LogP contribution in [0.1, 0.15) is 15.9 Å². The number of ether oxygens (including phenoxy) is 2. The van der Waals surface area contributed by atoms with Gasteiger partial charge in [0.1, 0.15) is 22.8 Å². The van der Waals surface area contributed by atoms with Gasteiger partial charge in [0.05, 0.1) is 14.2 Å². The molecule has 0 saturated heterocycles. The Balaban J connectivity index is 2.31. The van der Waals surface area contributed by atoms with Gasteiger partial charge in [0.25, 0.3) is 0 Å². The quantitative estimate of drug-likeness (QED) is 0.643. The fraction of sp³-hybridized carbons (Fsp3) is 0.118. The van der Waals surface area contributed by atoms with Gasteiger partial charge in [0.2, 0.25) is 0 Å². The van der Waals surface area contributed by atoms with Gasteiger partial charge in [-0.05, 0) is 23.8 Å². The molecule has 0 fully saturated rings. The summed E-state index contributed by atoms with van der Waals surface area (Å²) >= 11 is 3.35. The van der Waals surface area contributed by atoms with Gasteiger partial charge in [-0.2, -0.15) is 0 Å². The number of phenols is 1. The summed E-state index contributed by atoms with van der Waals surface area (Å²) in [5, 5.41) is 10.0. The first-order valence-electron chi connectivity index (χ1n) is 6.48. The number of benzene rings is 2. The lowest BCUT2D eigenvalue weighted by molar-refractivity contribution is 0.104. The average molecular weight is 363 g/mol. The molecule has 4 nitrogen and oxygen atoms in total. The summed E-state index contributed by atoms with van der Waals surface area (Å²) in [5.74, 6) is 0.159. The van der Waals surface area contributed by atoms with Crippen LogP contribution in [0.5, 0.6) is 17.2 Å². The summed E-state index contributed by atoms with van der Waals surface area (Å²) in [6.07, 6.45) is 3.07. The summed E-state index contributed by atoms with van der Waals surface area (Å²) in [7, 11) is 2.91. The largest absolute Gasteiger partial charge is 0.507 e. The number of hydrogen-bond acceptors (Lipinski definition) is 4. The summed E-state index contributed by atoms with van der Waals surface area (Å²) in [6.45, 7) is 0.